The van der Waals surface area contributed by atoms with Crippen LogP contribution in [0.15, 0.2) is 61.3 Å². The van der Waals surface area contributed by atoms with Crippen molar-refractivity contribution in [2.24, 2.45) is 5.73 Å². The average Bonchev–Trinajstić information content (AvgIpc) is 3.59. The second-order valence-corrected chi connectivity index (χ2v) is 10.3. The van der Waals surface area contributed by atoms with Gasteiger partial charge in [-0.25, -0.2) is 0 Å². The minimum absolute atomic E-state index is 0.159. The Kier molecular flexibility index (Phi) is 6.80. The van der Waals surface area contributed by atoms with Crippen molar-refractivity contribution in [1.82, 2.24) is 15.2 Å². The Balaban J connectivity index is 1.69. The molecule has 1 aliphatic carbocycles. The van der Waals surface area contributed by atoms with Crippen molar-refractivity contribution in [3.8, 4) is 21.8 Å². The summed E-state index contributed by atoms with van der Waals surface area (Å²) < 4.78 is 1.25. The summed E-state index contributed by atoms with van der Waals surface area (Å²) in [6, 6.07) is 15.3. The molecule has 0 saturated heterocycles. The summed E-state index contributed by atoms with van der Waals surface area (Å²) in [6.45, 7) is 8.45. The number of unbranched alkanes of at least 4 members (excludes halogenated alkanes) is 2. The van der Waals surface area contributed by atoms with Gasteiger partial charge in [-0.05, 0) is 71.9 Å². The highest BCUT2D eigenvalue weighted by Crippen LogP contribution is 2.33. The van der Waals surface area contributed by atoms with Crippen LogP contribution in [-0.2, 0) is 6.42 Å². The molecule has 5 rings (SSSR count). The lowest BCUT2D eigenvalue weighted by Crippen LogP contribution is -2.20. The summed E-state index contributed by atoms with van der Waals surface area (Å²) in [5, 5.41) is 8.82. The molecule has 0 amide bonds. The molecular weight excluding hydrogens is 448 g/mol. The molecule has 0 saturated carbocycles. The lowest BCUT2D eigenvalue weighted by molar-refractivity contribution is 0.713. The number of aromatic nitrogens is 3. The highest BCUT2D eigenvalue weighted by molar-refractivity contribution is 7.13. The standard InChI is InChI=1S/C30H32N4S/c1-4-6-7-10-22-17-28(25-18-32-34-29(25)27-11-8-9-19(3)33-27)35-30(22)23(5-2)20-12-14-24-21(16-20)13-15-26(24)31/h5,8-12,14,16-18,26H,2,4,6-7,13,15,31H2,1,3H3,(H,32,34)/b22-10-,30-23-. The van der Waals surface area contributed by atoms with Gasteiger partial charge in [0.25, 0.3) is 0 Å². The zero-order valence-corrected chi connectivity index (χ0v) is 21.3. The molecule has 0 bridgehead atoms. The van der Waals surface area contributed by atoms with Gasteiger partial charge in [0.15, 0.2) is 0 Å². The number of aromatic amines is 1. The molecule has 0 fully saturated rings. The minimum atomic E-state index is 0.159. The zero-order valence-electron chi connectivity index (χ0n) is 20.5. The fourth-order valence-electron chi connectivity index (χ4n) is 4.87. The second-order valence-electron chi connectivity index (χ2n) is 9.24. The Bertz CT molecular complexity index is 1490. The molecule has 1 aliphatic rings. The summed E-state index contributed by atoms with van der Waals surface area (Å²) in [5.74, 6) is 0. The van der Waals surface area contributed by atoms with Crippen LogP contribution in [0.4, 0.5) is 0 Å². The van der Waals surface area contributed by atoms with Crippen molar-refractivity contribution >= 4 is 23.0 Å². The van der Waals surface area contributed by atoms with Gasteiger partial charge in [-0.3, -0.25) is 10.1 Å². The molecule has 1 atom stereocenters. The van der Waals surface area contributed by atoms with E-state index in [0.29, 0.717) is 0 Å². The summed E-state index contributed by atoms with van der Waals surface area (Å²) in [6.07, 6.45) is 11.8. The van der Waals surface area contributed by atoms with Crippen LogP contribution in [0, 0.1) is 6.92 Å². The van der Waals surface area contributed by atoms with Gasteiger partial charge >= 0.3 is 0 Å². The third-order valence-electron chi connectivity index (χ3n) is 6.76. The van der Waals surface area contributed by atoms with Crippen molar-refractivity contribution < 1.29 is 0 Å². The van der Waals surface area contributed by atoms with E-state index in [1.807, 2.05) is 37.4 Å². The predicted octanol–water partition coefficient (Wildman–Crippen LogP) is 5.81. The van der Waals surface area contributed by atoms with Gasteiger partial charge in [-0.2, -0.15) is 5.10 Å². The maximum atomic E-state index is 6.29. The van der Waals surface area contributed by atoms with Crippen LogP contribution in [0.2, 0.25) is 0 Å². The van der Waals surface area contributed by atoms with E-state index in [1.54, 1.807) is 11.3 Å². The summed E-state index contributed by atoms with van der Waals surface area (Å²) in [5.41, 5.74) is 15.2. The topological polar surface area (TPSA) is 67.6 Å². The van der Waals surface area contributed by atoms with Gasteiger partial charge in [-0.1, -0.05) is 62.8 Å². The highest BCUT2D eigenvalue weighted by Gasteiger charge is 2.20. The average molecular weight is 481 g/mol. The molecule has 1 unspecified atom stereocenters. The SMILES string of the molecule is C=C/C(c1ccc2c(c1)CCC2N)=c1/sc(-c2cn[nH]c2-c2cccc(C)n2)c/c1=C/CCCC. The first-order valence-electron chi connectivity index (χ1n) is 12.4. The van der Waals surface area contributed by atoms with E-state index in [1.165, 1.54) is 49.7 Å². The summed E-state index contributed by atoms with van der Waals surface area (Å²) in [7, 11) is 0. The quantitative estimate of drug-likeness (QED) is 0.328. The van der Waals surface area contributed by atoms with Gasteiger partial charge in [0, 0.05) is 26.7 Å². The number of pyridine rings is 1. The molecule has 3 heterocycles. The van der Waals surface area contributed by atoms with E-state index in [9.17, 15) is 0 Å². The minimum Gasteiger partial charge on any atom is -0.324 e. The number of allylic oxidation sites excluding steroid dienone is 1. The van der Waals surface area contributed by atoms with Crippen molar-refractivity contribution in [1.29, 1.82) is 0 Å². The van der Waals surface area contributed by atoms with Crippen LogP contribution in [0.1, 0.15) is 61.0 Å². The van der Waals surface area contributed by atoms with Gasteiger partial charge < -0.3 is 5.73 Å². The number of hydrogen-bond donors (Lipinski definition) is 2. The van der Waals surface area contributed by atoms with E-state index < -0.39 is 0 Å². The molecule has 4 aromatic rings. The molecule has 3 aromatic heterocycles. The van der Waals surface area contributed by atoms with Crippen molar-refractivity contribution in [3.05, 3.63) is 93.5 Å². The number of nitrogens with one attached hydrogen (secondary N) is 1. The molecule has 5 heteroatoms. The molecule has 0 spiro atoms. The molecule has 3 N–H and O–H groups in total. The Hall–Kier alpha value is -3.28. The van der Waals surface area contributed by atoms with Crippen molar-refractivity contribution in [2.45, 2.75) is 52.0 Å². The first kappa shape index (κ1) is 23.5. The Morgan fingerprint density at radius 2 is 2.14 bits per heavy atom. The van der Waals surface area contributed by atoms with E-state index in [-0.39, 0.29) is 6.04 Å². The van der Waals surface area contributed by atoms with Crippen LogP contribution in [-0.4, -0.2) is 15.2 Å². The Labute approximate surface area is 211 Å². The molecule has 1 aromatic carbocycles. The van der Waals surface area contributed by atoms with Gasteiger partial charge in [-0.15, -0.1) is 11.3 Å². The van der Waals surface area contributed by atoms with Crippen molar-refractivity contribution in [3.63, 3.8) is 0 Å². The van der Waals surface area contributed by atoms with Gasteiger partial charge in [0.05, 0.1) is 17.6 Å². The maximum Gasteiger partial charge on any atom is 0.0921 e. The summed E-state index contributed by atoms with van der Waals surface area (Å²) in [4.78, 5) is 5.90. The van der Waals surface area contributed by atoms with Crippen LogP contribution in [0.5, 0.6) is 0 Å². The maximum absolute atomic E-state index is 6.29. The number of aryl methyl sites for hydroxylation is 2. The smallest absolute Gasteiger partial charge is 0.0921 e. The van der Waals surface area contributed by atoms with Crippen molar-refractivity contribution in [2.75, 3.05) is 0 Å². The molecular formula is C30H32N4S. The lowest BCUT2D eigenvalue weighted by atomic mass is 9.99. The number of nitrogens with zero attached hydrogens (tertiary/aromatic N) is 2. The van der Waals surface area contributed by atoms with Crippen LogP contribution in [0.25, 0.3) is 33.5 Å². The van der Waals surface area contributed by atoms with Gasteiger partial charge in [0.1, 0.15) is 0 Å². The fraction of sp³-hybridized carbons (Fsp3) is 0.267. The van der Waals surface area contributed by atoms with E-state index in [4.69, 9.17) is 10.7 Å². The number of rotatable bonds is 7. The number of hydrogen-bond acceptors (Lipinski definition) is 4. The van der Waals surface area contributed by atoms with E-state index >= 15 is 0 Å². The van der Waals surface area contributed by atoms with Gasteiger partial charge in [0.2, 0.25) is 0 Å². The molecule has 35 heavy (non-hydrogen) atoms. The number of benzene rings is 1. The molecule has 0 radical (unpaired) electrons. The highest BCUT2D eigenvalue weighted by atomic mass is 32.1. The van der Waals surface area contributed by atoms with Crippen LogP contribution in [0.3, 0.4) is 0 Å². The van der Waals surface area contributed by atoms with E-state index in [2.05, 4.69) is 54.0 Å². The second kappa shape index (κ2) is 10.1. The molecule has 0 aliphatic heterocycles. The first-order valence-corrected chi connectivity index (χ1v) is 13.2. The Morgan fingerprint density at radius 1 is 1.26 bits per heavy atom. The first-order chi connectivity index (χ1) is 17.1. The normalized spacial score (nSPS) is 16.4. The number of nitrogens with two attached hydrogens (primary N) is 1. The van der Waals surface area contributed by atoms with E-state index in [0.717, 1.165) is 41.9 Å². The number of fused-ring (bicyclic) bond motifs is 1. The number of thiophene rings is 1. The monoisotopic (exact) mass is 480 g/mol. The largest absolute Gasteiger partial charge is 0.324 e. The zero-order chi connectivity index (χ0) is 24.4. The number of H-pyrrole nitrogens is 1. The Morgan fingerprint density at radius 3 is 2.94 bits per heavy atom. The molecule has 4 nitrogen and oxygen atoms in total. The predicted molar refractivity (Wildman–Crippen MR) is 148 cm³/mol. The summed E-state index contributed by atoms with van der Waals surface area (Å²) >= 11 is 1.80. The van der Waals surface area contributed by atoms with Crippen LogP contribution >= 0.6 is 11.3 Å². The third kappa shape index (κ3) is 4.66. The lowest BCUT2D eigenvalue weighted by Gasteiger charge is -2.08. The molecule has 178 valence electrons. The van der Waals surface area contributed by atoms with Crippen LogP contribution < -0.4 is 15.5 Å². The third-order valence-corrected chi connectivity index (χ3v) is 7.98. The fourth-order valence-corrected chi connectivity index (χ4v) is 6.11.